The monoisotopic (exact) mass is 154 g/mol. The second-order valence-electron chi connectivity index (χ2n) is 4.45. The molecule has 0 aromatic rings. The van der Waals surface area contributed by atoms with Crippen LogP contribution in [-0.4, -0.2) is 22.4 Å². The number of fused-ring (bicyclic) bond motifs is 2. The highest BCUT2D eigenvalue weighted by Crippen LogP contribution is 2.62. The summed E-state index contributed by atoms with van der Waals surface area (Å²) in [4.78, 5) is 0. The molecule has 2 bridgehead atoms. The predicted octanol–water partition coefficient (Wildman–Crippen LogP) is 0.384. The molecule has 0 heterocycles. The van der Waals surface area contributed by atoms with Crippen molar-refractivity contribution in [2.75, 3.05) is 0 Å². The molecule has 2 nitrogen and oxygen atoms in total. The van der Waals surface area contributed by atoms with Gasteiger partial charge in [-0.15, -0.1) is 0 Å². The highest BCUT2D eigenvalue weighted by molar-refractivity contribution is 5.09. The number of hydrogen-bond donors (Lipinski definition) is 2. The molecule has 4 aliphatic carbocycles. The Morgan fingerprint density at radius 2 is 1.18 bits per heavy atom. The Labute approximate surface area is 66.2 Å². The van der Waals surface area contributed by atoms with Gasteiger partial charge in [-0.1, -0.05) is 0 Å². The predicted molar refractivity (Wildman–Crippen MR) is 39.8 cm³/mol. The van der Waals surface area contributed by atoms with Gasteiger partial charge in [0.15, 0.2) is 0 Å². The summed E-state index contributed by atoms with van der Waals surface area (Å²) in [5.41, 5.74) is 0. The lowest BCUT2D eigenvalue weighted by Gasteiger charge is -2.43. The zero-order valence-corrected chi connectivity index (χ0v) is 6.48. The summed E-state index contributed by atoms with van der Waals surface area (Å²) >= 11 is 0. The normalized spacial score (nSPS) is 66.0. The van der Waals surface area contributed by atoms with Crippen LogP contribution in [0, 0.1) is 23.7 Å². The molecule has 0 radical (unpaired) electrons. The van der Waals surface area contributed by atoms with Crippen molar-refractivity contribution in [2.24, 2.45) is 23.7 Å². The van der Waals surface area contributed by atoms with Gasteiger partial charge >= 0.3 is 0 Å². The first-order valence-electron chi connectivity index (χ1n) is 4.65. The van der Waals surface area contributed by atoms with Crippen LogP contribution in [0.1, 0.15) is 19.3 Å². The van der Waals surface area contributed by atoms with Crippen LogP contribution >= 0.6 is 0 Å². The van der Waals surface area contributed by atoms with Gasteiger partial charge in [-0.25, -0.2) is 0 Å². The first kappa shape index (κ1) is 6.44. The molecule has 62 valence electrons. The van der Waals surface area contributed by atoms with Crippen molar-refractivity contribution in [3.05, 3.63) is 0 Å². The Morgan fingerprint density at radius 3 is 1.64 bits per heavy atom. The van der Waals surface area contributed by atoms with Gasteiger partial charge < -0.3 is 10.2 Å². The minimum atomic E-state index is -0.391. The maximum absolute atomic E-state index is 9.61. The molecule has 0 spiro atoms. The molecule has 0 unspecified atom stereocenters. The van der Waals surface area contributed by atoms with Crippen LogP contribution in [0.3, 0.4) is 0 Å². The lowest BCUT2D eigenvalue weighted by Crippen LogP contribution is -2.49. The van der Waals surface area contributed by atoms with Crippen molar-refractivity contribution in [3.63, 3.8) is 0 Å². The van der Waals surface area contributed by atoms with Crippen LogP contribution in [0.5, 0.6) is 0 Å². The minimum Gasteiger partial charge on any atom is -0.390 e. The van der Waals surface area contributed by atoms with Gasteiger partial charge in [0, 0.05) is 0 Å². The van der Waals surface area contributed by atoms with Crippen LogP contribution in [-0.2, 0) is 0 Å². The van der Waals surface area contributed by atoms with Crippen molar-refractivity contribution < 1.29 is 10.2 Å². The van der Waals surface area contributed by atoms with E-state index in [0.29, 0.717) is 11.8 Å². The highest BCUT2D eigenvalue weighted by Gasteiger charge is 2.60. The molecule has 0 aliphatic heterocycles. The zero-order valence-electron chi connectivity index (χ0n) is 6.48. The average molecular weight is 154 g/mol. The van der Waals surface area contributed by atoms with Gasteiger partial charge in [-0.3, -0.25) is 0 Å². The third-order valence-electron chi connectivity index (χ3n) is 4.05. The molecule has 0 aromatic heterocycles. The molecule has 0 saturated heterocycles. The molecule has 2 heteroatoms. The molecular formula is C9H14O2. The quantitative estimate of drug-likeness (QED) is 0.529. The van der Waals surface area contributed by atoms with Crippen LogP contribution in [0.15, 0.2) is 0 Å². The van der Waals surface area contributed by atoms with Crippen LogP contribution in [0.4, 0.5) is 0 Å². The first-order valence-corrected chi connectivity index (χ1v) is 4.65. The molecule has 0 amide bonds. The third-order valence-corrected chi connectivity index (χ3v) is 4.05. The number of rotatable bonds is 0. The van der Waals surface area contributed by atoms with Gasteiger partial charge in [0.25, 0.3) is 0 Å². The Balaban J connectivity index is 1.94. The van der Waals surface area contributed by atoms with Gasteiger partial charge in [0.2, 0.25) is 0 Å². The van der Waals surface area contributed by atoms with E-state index in [2.05, 4.69) is 0 Å². The Bertz CT molecular complexity index is 172. The van der Waals surface area contributed by atoms with E-state index >= 15 is 0 Å². The molecule has 4 saturated carbocycles. The van der Waals surface area contributed by atoms with Crippen molar-refractivity contribution in [2.45, 2.75) is 31.5 Å². The van der Waals surface area contributed by atoms with Gasteiger partial charge in [-0.05, 0) is 42.9 Å². The van der Waals surface area contributed by atoms with Gasteiger partial charge in [0.1, 0.15) is 0 Å². The van der Waals surface area contributed by atoms with E-state index < -0.39 is 12.2 Å². The fourth-order valence-electron chi connectivity index (χ4n) is 3.39. The molecule has 4 aliphatic rings. The van der Waals surface area contributed by atoms with Crippen LogP contribution < -0.4 is 0 Å². The van der Waals surface area contributed by atoms with Gasteiger partial charge in [0.05, 0.1) is 12.2 Å². The fraction of sp³-hybridized carbons (Fsp3) is 1.00. The Kier molecular flexibility index (Phi) is 1.06. The molecule has 0 aromatic carbocycles. The second-order valence-corrected chi connectivity index (χ2v) is 4.45. The molecule has 11 heavy (non-hydrogen) atoms. The summed E-state index contributed by atoms with van der Waals surface area (Å²) in [7, 11) is 0. The van der Waals surface area contributed by atoms with E-state index in [-0.39, 0.29) is 0 Å². The second kappa shape index (κ2) is 1.80. The van der Waals surface area contributed by atoms with Gasteiger partial charge in [-0.2, -0.15) is 0 Å². The van der Waals surface area contributed by atoms with E-state index in [4.69, 9.17) is 0 Å². The molecular weight excluding hydrogens is 140 g/mol. The third kappa shape index (κ3) is 0.651. The smallest absolute Gasteiger partial charge is 0.0832 e. The molecule has 4 fully saturated rings. The molecule has 4 rings (SSSR count). The Hall–Kier alpha value is -0.0800. The fourth-order valence-corrected chi connectivity index (χ4v) is 3.39. The minimum absolute atomic E-state index is 0.391. The van der Waals surface area contributed by atoms with E-state index in [1.807, 2.05) is 0 Å². The van der Waals surface area contributed by atoms with E-state index in [9.17, 15) is 10.2 Å². The molecule has 2 N–H and O–H groups in total. The lowest BCUT2D eigenvalue weighted by atomic mass is 9.67. The SMILES string of the molecule is O[C@@H]1[C@H](O)[C@@H]2CC[C@H]1[C@H]1C[C@H]12. The zero-order chi connectivity index (χ0) is 7.59. The summed E-state index contributed by atoms with van der Waals surface area (Å²) in [5.74, 6) is 2.46. The maximum atomic E-state index is 9.61. The average Bonchev–Trinajstić information content (AvgIpc) is 2.76. The maximum Gasteiger partial charge on any atom is 0.0832 e. The lowest BCUT2D eigenvalue weighted by molar-refractivity contribution is -0.113. The van der Waals surface area contributed by atoms with Crippen LogP contribution in [0.2, 0.25) is 0 Å². The first-order chi connectivity index (χ1) is 5.29. The van der Waals surface area contributed by atoms with Crippen molar-refractivity contribution in [1.29, 1.82) is 0 Å². The van der Waals surface area contributed by atoms with E-state index in [1.165, 1.54) is 6.42 Å². The van der Waals surface area contributed by atoms with Crippen molar-refractivity contribution in [3.8, 4) is 0 Å². The number of hydrogen-bond acceptors (Lipinski definition) is 2. The summed E-state index contributed by atoms with van der Waals surface area (Å²) in [6, 6.07) is 0. The van der Waals surface area contributed by atoms with E-state index in [0.717, 1.165) is 24.7 Å². The highest BCUT2D eigenvalue weighted by atomic mass is 16.3. The molecule has 6 atom stereocenters. The van der Waals surface area contributed by atoms with Crippen LogP contribution in [0.25, 0.3) is 0 Å². The summed E-state index contributed by atoms with van der Waals surface area (Å²) < 4.78 is 0. The Morgan fingerprint density at radius 1 is 0.727 bits per heavy atom. The van der Waals surface area contributed by atoms with E-state index in [1.54, 1.807) is 0 Å². The topological polar surface area (TPSA) is 40.5 Å². The standard InChI is InChI=1S/C9H14O2/c10-8-4-1-2-5(9(8)11)7-3-6(4)7/h4-11H,1-3H2/t4-,5+,6+,7-,8-,9+. The summed E-state index contributed by atoms with van der Waals surface area (Å²) in [5, 5.41) is 19.2. The van der Waals surface area contributed by atoms with Crippen molar-refractivity contribution >= 4 is 0 Å². The number of aliphatic hydroxyl groups excluding tert-OH is 2. The van der Waals surface area contributed by atoms with Crippen molar-refractivity contribution in [1.82, 2.24) is 0 Å². The summed E-state index contributed by atoms with van der Waals surface area (Å²) in [6.07, 6.45) is 2.81. The summed E-state index contributed by atoms with van der Waals surface area (Å²) in [6.45, 7) is 0. The largest absolute Gasteiger partial charge is 0.390 e. The number of aliphatic hydroxyl groups is 2.